The van der Waals surface area contributed by atoms with Crippen LogP contribution in [0.4, 0.5) is 0 Å². The van der Waals surface area contributed by atoms with Gasteiger partial charge in [0.2, 0.25) is 0 Å². The van der Waals surface area contributed by atoms with E-state index in [1.165, 1.54) is 37.9 Å². The summed E-state index contributed by atoms with van der Waals surface area (Å²) in [4.78, 5) is 13.9. The second kappa shape index (κ2) is 8.46. The third kappa shape index (κ3) is 4.91. The molecule has 128 valence electrons. The van der Waals surface area contributed by atoms with Crippen LogP contribution in [0.15, 0.2) is 48.5 Å². The van der Waals surface area contributed by atoms with E-state index >= 15 is 0 Å². The van der Waals surface area contributed by atoms with Crippen LogP contribution in [-0.2, 0) is 13.1 Å². The monoisotopic (exact) mass is 334 g/mol. The number of amides is 1. The number of nitrogens with zero attached hydrogens (tertiary/aromatic N) is 1. The Bertz CT molecular complexity index is 755. The van der Waals surface area contributed by atoms with Crippen molar-refractivity contribution < 1.29 is 9.69 Å². The predicted octanol–water partition coefficient (Wildman–Crippen LogP) is 2.06. The van der Waals surface area contributed by atoms with Gasteiger partial charge in [-0.2, -0.15) is 5.26 Å². The van der Waals surface area contributed by atoms with Gasteiger partial charge in [-0.15, -0.1) is 0 Å². The summed E-state index contributed by atoms with van der Waals surface area (Å²) in [6.45, 7) is 4.14. The molecule has 1 aliphatic heterocycles. The van der Waals surface area contributed by atoms with Gasteiger partial charge < -0.3 is 10.2 Å². The molecule has 4 nitrogen and oxygen atoms in total. The number of nitriles is 1. The Hall–Kier alpha value is -2.64. The Kier molecular flexibility index (Phi) is 5.81. The van der Waals surface area contributed by atoms with E-state index in [4.69, 9.17) is 5.26 Å². The van der Waals surface area contributed by atoms with Gasteiger partial charge in [-0.3, -0.25) is 4.79 Å². The number of hydrogen-bond donors (Lipinski definition) is 2. The largest absolute Gasteiger partial charge is 0.348 e. The highest BCUT2D eigenvalue weighted by molar-refractivity contribution is 5.94. The van der Waals surface area contributed by atoms with Crippen LogP contribution in [0.2, 0.25) is 0 Å². The van der Waals surface area contributed by atoms with Crippen LogP contribution in [0.25, 0.3) is 0 Å². The Morgan fingerprint density at radius 2 is 1.76 bits per heavy atom. The number of piperidine rings is 1. The average molecular weight is 334 g/mol. The van der Waals surface area contributed by atoms with E-state index in [0.717, 1.165) is 12.1 Å². The summed E-state index contributed by atoms with van der Waals surface area (Å²) in [5, 5.41) is 11.8. The molecule has 2 aromatic carbocycles. The SMILES string of the molecule is N#Cc1cccc(C(=O)NCc2ccc(C[NH+]3CCCCC3)cc2)c1. The fourth-order valence-corrected chi connectivity index (χ4v) is 3.31. The van der Waals surface area contributed by atoms with Gasteiger partial charge in [0.05, 0.1) is 24.7 Å². The highest BCUT2D eigenvalue weighted by atomic mass is 16.1. The van der Waals surface area contributed by atoms with Crippen molar-refractivity contribution in [3.05, 3.63) is 70.8 Å². The summed E-state index contributed by atoms with van der Waals surface area (Å²) in [6.07, 6.45) is 4.05. The van der Waals surface area contributed by atoms with E-state index in [1.807, 2.05) is 0 Å². The summed E-state index contributed by atoms with van der Waals surface area (Å²) >= 11 is 0. The van der Waals surface area contributed by atoms with E-state index < -0.39 is 0 Å². The summed E-state index contributed by atoms with van der Waals surface area (Å²) in [6, 6.07) is 17.3. The fraction of sp³-hybridized carbons (Fsp3) is 0.333. The first kappa shape index (κ1) is 17.2. The zero-order chi connectivity index (χ0) is 17.5. The zero-order valence-electron chi connectivity index (χ0n) is 14.4. The smallest absolute Gasteiger partial charge is 0.251 e. The molecule has 0 atom stereocenters. The molecule has 1 amide bonds. The van der Waals surface area contributed by atoms with Crippen molar-refractivity contribution in [1.29, 1.82) is 5.26 Å². The van der Waals surface area contributed by atoms with Crippen molar-refractivity contribution in [3.63, 3.8) is 0 Å². The maximum Gasteiger partial charge on any atom is 0.251 e. The molecule has 2 N–H and O–H groups in total. The first-order chi connectivity index (χ1) is 12.2. The Balaban J connectivity index is 1.52. The van der Waals surface area contributed by atoms with Crippen molar-refractivity contribution in [2.75, 3.05) is 13.1 Å². The fourth-order valence-electron chi connectivity index (χ4n) is 3.31. The van der Waals surface area contributed by atoms with Gasteiger partial charge in [0, 0.05) is 17.7 Å². The van der Waals surface area contributed by atoms with E-state index in [2.05, 4.69) is 35.7 Å². The summed E-state index contributed by atoms with van der Waals surface area (Å²) in [7, 11) is 0. The molecule has 0 saturated carbocycles. The first-order valence-corrected chi connectivity index (χ1v) is 8.94. The maximum absolute atomic E-state index is 12.2. The van der Waals surface area contributed by atoms with Gasteiger partial charge in [-0.05, 0) is 43.0 Å². The second-order valence-electron chi connectivity index (χ2n) is 6.68. The minimum atomic E-state index is -0.154. The molecule has 0 radical (unpaired) electrons. The molecule has 25 heavy (non-hydrogen) atoms. The topological polar surface area (TPSA) is 57.3 Å². The molecule has 0 aromatic heterocycles. The minimum Gasteiger partial charge on any atom is -0.348 e. The number of rotatable bonds is 5. The molecule has 1 aliphatic rings. The second-order valence-corrected chi connectivity index (χ2v) is 6.68. The number of carbonyl (C=O) groups excluding carboxylic acids is 1. The van der Waals surface area contributed by atoms with Crippen molar-refractivity contribution in [2.45, 2.75) is 32.4 Å². The molecule has 0 spiro atoms. The lowest BCUT2D eigenvalue weighted by atomic mass is 10.1. The summed E-state index contributed by atoms with van der Waals surface area (Å²) < 4.78 is 0. The molecule has 0 aliphatic carbocycles. The van der Waals surface area contributed by atoms with E-state index in [1.54, 1.807) is 29.2 Å². The van der Waals surface area contributed by atoms with Crippen LogP contribution in [-0.4, -0.2) is 19.0 Å². The summed E-state index contributed by atoms with van der Waals surface area (Å²) in [5.41, 5.74) is 3.46. The molecular weight excluding hydrogens is 310 g/mol. The standard InChI is InChI=1S/C21H23N3O/c22-14-19-5-4-6-20(13-19)21(25)23-15-17-7-9-18(10-8-17)16-24-11-2-1-3-12-24/h4-10,13H,1-3,11-12,15-16H2,(H,23,25)/p+1. The minimum absolute atomic E-state index is 0.154. The molecule has 0 unspecified atom stereocenters. The average Bonchev–Trinajstić information content (AvgIpc) is 2.68. The van der Waals surface area contributed by atoms with Gasteiger partial charge in [-0.1, -0.05) is 30.3 Å². The van der Waals surface area contributed by atoms with Gasteiger partial charge in [-0.25, -0.2) is 0 Å². The number of nitrogens with one attached hydrogen (secondary N) is 2. The number of benzene rings is 2. The number of likely N-dealkylation sites (tertiary alicyclic amines) is 1. The highest BCUT2D eigenvalue weighted by Crippen LogP contribution is 2.07. The van der Waals surface area contributed by atoms with Crippen molar-refractivity contribution in [3.8, 4) is 6.07 Å². The van der Waals surface area contributed by atoms with E-state index in [-0.39, 0.29) is 5.91 Å². The molecule has 0 bridgehead atoms. The van der Waals surface area contributed by atoms with Crippen molar-refractivity contribution in [2.24, 2.45) is 0 Å². The Labute approximate surface area is 149 Å². The quantitative estimate of drug-likeness (QED) is 0.879. The third-order valence-electron chi connectivity index (χ3n) is 4.74. The van der Waals surface area contributed by atoms with Gasteiger partial charge in [0.25, 0.3) is 5.91 Å². The molecule has 1 saturated heterocycles. The lowest BCUT2D eigenvalue weighted by Crippen LogP contribution is -3.11. The van der Waals surface area contributed by atoms with Crippen LogP contribution in [0.1, 0.15) is 46.3 Å². The lowest BCUT2D eigenvalue weighted by molar-refractivity contribution is -0.918. The molecule has 1 fully saturated rings. The van der Waals surface area contributed by atoms with Crippen LogP contribution in [0.3, 0.4) is 0 Å². The first-order valence-electron chi connectivity index (χ1n) is 8.94. The molecule has 3 rings (SSSR count). The van der Waals surface area contributed by atoms with Gasteiger partial charge >= 0.3 is 0 Å². The number of quaternary nitrogens is 1. The van der Waals surface area contributed by atoms with Gasteiger partial charge in [0.15, 0.2) is 0 Å². The maximum atomic E-state index is 12.2. The van der Waals surface area contributed by atoms with Crippen molar-refractivity contribution in [1.82, 2.24) is 5.32 Å². The van der Waals surface area contributed by atoms with Crippen LogP contribution >= 0.6 is 0 Å². The third-order valence-corrected chi connectivity index (χ3v) is 4.74. The van der Waals surface area contributed by atoms with Crippen LogP contribution in [0, 0.1) is 11.3 Å². The molecule has 2 aromatic rings. The highest BCUT2D eigenvalue weighted by Gasteiger charge is 2.13. The Morgan fingerprint density at radius 3 is 2.48 bits per heavy atom. The zero-order valence-corrected chi connectivity index (χ0v) is 14.4. The normalized spacial score (nSPS) is 14.7. The lowest BCUT2D eigenvalue weighted by Gasteiger charge is -2.23. The van der Waals surface area contributed by atoms with E-state index in [9.17, 15) is 4.79 Å². The van der Waals surface area contributed by atoms with Crippen LogP contribution in [0.5, 0.6) is 0 Å². The molecular formula is C21H24N3O+. The van der Waals surface area contributed by atoms with Crippen LogP contribution < -0.4 is 10.2 Å². The predicted molar refractivity (Wildman–Crippen MR) is 97.0 cm³/mol. The van der Waals surface area contributed by atoms with Gasteiger partial charge in [0.1, 0.15) is 6.54 Å². The molecule has 1 heterocycles. The van der Waals surface area contributed by atoms with E-state index in [0.29, 0.717) is 17.7 Å². The number of hydrogen-bond acceptors (Lipinski definition) is 2. The number of carbonyl (C=O) groups is 1. The molecule has 4 heteroatoms. The van der Waals surface area contributed by atoms with Crippen molar-refractivity contribution >= 4 is 5.91 Å². The summed E-state index contributed by atoms with van der Waals surface area (Å²) in [5.74, 6) is -0.154. The Morgan fingerprint density at radius 1 is 1.04 bits per heavy atom.